The van der Waals surface area contributed by atoms with Gasteiger partial charge in [-0.3, -0.25) is 14.4 Å². The number of unbranched alkanes of at least 4 members (excludes halogenated alkanes) is 1. The maximum atomic E-state index is 12.3. The summed E-state index contributed by atoms with van der Waals surface area (Å²) in [5, 5.41) is 24.7. The Bertz CT molecular complexity index is 522. The number of carbonyl (C=O) groups excluding carboxylic acids is 3. The van der Waals surface area contributed by atoms with Crippen molar-refractivity contribution in [3.05, 3.63) is 0 Å². The van der Waals surface area contributed by atoms with Gasteiger partial charge >= 0.3 is 5.97 Å². The average molecular weight is 422 g/mol. The Hall–Kier alpha value is -1.89. The van der Waals surface area contributed by atoms with Crippen LogP contribution >= 0.6 is 11.8 Å². The van der Waals surface area contributed by atoms with Crippen LogP contribution in [0.3, 0.4) is 0 Å². The molecule has 0 rings (SSSR count). The van der Waals surface area contributed by atoms with E-state index >= 15 is 0 Å². The van der Waals surface area contributed by atoms with E-state index in [0.29, 0.717) is 31.6 Å². The predicted molar refractivity (Wildman–Crippen MR) is 105 cm³/mol. The molecule has 0 spiro atoms. The van der Waals surface area contributed by atoms with Crippen molar-refractivity contribution in [3.63, 3.8) is 0 Å². The molecule has 0 aromatic heterocycles. The highest BCUT2D eigenvalue weighted by atomic mass is 32.2. The summed E-state index contributed by atoms with van der Waals surface area (Å²) in [6.07, 6.45) is 4.08. The number of carbonyl (C=O) groups is 4. The minimum Gasteiger partial charge on any atom is -0.480 e. The summed E-state index contributed by atoms with van der Waals surface area (Å²) in [6, 6.07) is -3.09. The summed E-state index contributed by atoms with van der Waals surface area (Å²) < 4.78 is 0. The van der Waals surface area contributed by atoms with Crippen molar-refractivity contribution in [1.29, 1.82) is 0 Å². The maximum absolute atomic E-state index is 12.3. The number of carboxylic acid groups (broad SMARTS) is 1. The van der Waals surface area contributed by atoms with Crippen molar-refractivity contribution < 1.29 is 29.4 Å². The van der Waals surface area contributed by atoms with E-state index in [1.165, 1.54) is 11.8 Å². The molecule has 0 aliphatic heterocycles. The van der Waals surface area contributed by atoms with Gasteiger partial charge in [0.15, 0.2) is 0 Å². The van der Waals surface area contributed by atoms with Crippen molar-refractivity contribution in [2.24, 2.45) is 11.5 Å². The number of aliphatic hydroxyl groups excluding tert-OH is 1. The summed E-state index contributed by atoms with van der Waals surface area (Å²) in [7, 11) is 0. The molecule has 3 amide bonds. The average Bonchev–Trinajstić information content (AvgIpc) is 2.66. The fourth-order valence-electron chi connectivity index (χ4n) is 2.14. The molecular formula is C16H31N5O6S. The summed E-state index contributed by atoms with van der Waals surface area (Å²) in [4.78, 5) is 47.0. The topological polar surface area (TPSA) is 197 Å². The van der Waals surface area contributed by atoms with Crippen LogP contribution in [0.5, 0.6) is 0 Å². The Kier molecular flexibility index (Phi) is 14.1. The fraction of sp³-hybridized carbons (Fsp3) is 0.750. The number of hydrogen-bond donors (Lipinski definition) is 7. The SMILES string of the molecule is CSCCC(NC(=O)C(N)CCCCN)C(=O)NCC(=O)NC(CO)C(=O)O. The van der Waals surface area contributed by atoms with Gasteiger partial charge in [-0.2, -0.15) is 11.8 Å². The van der Waals surface area contributed by atoms with Gasteiger partial charge in [-0.15, -0.1) is 0 Å². The van der Waals surface area contributed by atoms with Crippen LogP contribution in [0.15, 0.2) is 0 Å². The first kappa shape index (κ1) is 26.1. The maximum Gasteiger partial charge on any atom is 0.328 e. The minimum atomic E-state index is -1.46. The molecule has 28 heavy (non-hydrogen) atoms. The number of carboxylic acids is 1. The van der Waals surface area contributed by atoms with Gasteiger partial charge in [-0.25, -0.2) is 4.79 Å². The highest BCUT2D eigenvalue weighted by Crippen LogP contribution is 2.03. The molecule has 9 N–H and O–H groups in total. The number of thioether (sulfide) groups is 1. The van der Waals surface area contributed by atoms with E-state index in [4.69, 9.17) is 21.7 Å². The Morgan fingerprint density at radius 3 is 2.25 bits per heavy atom. The highest BCUT2D eigenvalue weighted by molar-refractivity contribution is 7.98. The molecule has 11 nitrogen and oxygen atoms in total. The zero-order chi connectivity index (χ0) is 21.5. The zero-order valence-corrected chi connectivity index (χ0v) is 16.8. The normalized spacial score (nSPS) is 13.9. The lowest BCUT2D eigenvalue weighted by atomic mass is 10.1. The molecule has 0 saturated heterocycles. The van der Waals surface area contributed by atoms with Crippen LogP contribution in [-0.4, -0.2) is 83.7 Å². The third kappa shape index (κ3) is 11.1. The summed E-state index contributed by atoms with van der Waals surface area (Å²) in [5.41, 5.74) is 11.2. The second kappa shape index (κ2) is 15.1. The molecule has 3 atom stereocenters. The predicted octanol–water partition coefficient (Wildman–Crippen LogP) is -2.64. The lowest BCUT2D eigenvalue weighted by molar-refractivity contribution is -0.142. The lowest BCUT2D eigenvalue weighted by Crippen LogP contribution is -2.54. The Labute approximate surface area is 168 Å². The number of hydrogen-bond acceptors (Lipinski definition) is 8. The second-order valence-corrected chi connectivity index (χ2v) is 7.08. The van der Waals surface area contributed by atoms with Crippen molar-refractivity contribution in [1.82, 2.24) is 16.0 Å². The third-order valence-electron chi connectivity index (χ3n) is 3.79. The molecular weight excluding hydrogens is 390 g/mol. The monoisotopic (exact) mass is 421 g/mol. The van der Waals surface area contributed by atoms with Gasteiger partial charge in [-0.1, -0.05) is 6.42 Å². The van der Waals surface area contributed by atoms with Crippen LogP contribution in [0, 0.1) is 0 Å². The zero-order valence-electron chi connectivity index (χ0n) is 16.0. The van der Waals surface area contributed by atoms with E-state index in [9.17, 15) is 19.2 Å². The van der Waals surface area contributed by atoms with E-state index in [0.717, 1.165) is 6.42 Å². The standard InChI is InChI=1S/C16H31N5O6S/c1-28-7-5-11(21-14(24)10(18)4-2-3-6-17)15(25)19-8-13(23)20-12(9-22)16(26)27/h10-12,22H,2-9,17-18H2,1H3,(H,19,25)(H,20,23)(H,21,24)(H,26,27). The summed E-state index contributed by atoms with van der Waals surface area (Å²) in [6.45, 7) is -0.756. The largest absolute Gasteiger partial charge is 0.480 e. The van der Waals surface area contributed by atoms with Crippen molar-refractivity contribution in [3.8, 4) is 0 Å². The van der Waals surface area contributed by atoms with Gasteiger partial charge in [0.1, 0.15) is 12.1 Å². The molecule has 0 aliphatic rings. The van der Waals surface area contributed by atoms with Crippen molar-refractivity contribution >= 4 is 35.5 Å². The summed E-state index contributed by atoms with van der Waals surface area (Å²) in [5.74, 6) is -2.62. The lowest BCUT2D eigenvalue weighted by Gasteiger charge is -2.20. The number of rotatable bonds is 15. The highest BCUT2D eigenvalue weighted by Gasteiger charge is 2.24. The van der Waals surface area contributed by atoms with Crippen LogP contribution in [0.1, 0.15) is 25.7 Å². The van der Waals surface area contributed by atoms with Crippen LogP contribution in [-0.2, 0) is 19.2 Å². The van der Waals surface area contributed by atoms with Crippen molar-refractivity contribution in [2.45, 2.75) is 43.8 Å². The summed E-state index contributed by atoms with van der Waals surface area (Å²) >= 11 is 1.49. The molecule has 0 aromatic rings. The molecule has 0 fully saturated rings. The smallest absolute Gasteiger partial charge is 0.328 e. The van der Waals surface area contributed by atoms with Gasteiger partial charge in [-0.05, 0) is 37.8 Å². The molecule has 0 bridgehead atoms. The number of nitrogens with two attached hydrogens (primary N) is 2. The third-order valence-corrected chi connectivity index (χ3v) is 4.43. The molecule has 0 aromatic carbocycles. The first-order valence-electron chi connectivity index (χ1n) is 8.92. The minimum absolute atomic E-state index is 0.338. The van der Waals surface area contributed by atoms with Gasteiger partial charge in [0.2, 0.25) is 17.7 Å². The molecule has 0 saturated carbocycles. The van der Waals surface area contributed by atoms with Gasteiger partial charge in [0.05, 0.1) is 19.2 Å². The fourth-order valence-corrected chi connectivity index (χ4v) is 2.62. The first-order valence-corrected chi connectivity index (χ1v) is 10.3. The molecule has 0 aliphatic carbocycles. The Balaban J connectivity index is 4.65. The second-order valence-electron chi connectivity index (χ2n) is 6.09. The molecule has 162 valence electrons. The first-order chi connectivity index (χ1) is 13.3. The van der Waals surface area contributed by atoms with Gasteiger partial charge in [0, 0.05) is 0 Å². The van der Waals surface area contributed by atoms with Crippen LogP contribution in [0.2, 0.25) is 0 Å². The van der Waals surface area contributed by atoms with Gasteiger partial charge in [0.25, 0.3) is 0 Å². The quantitative estimate of drug-likeness (QED) is 0.138. The van der Waals surface area contributed by atoms with Gasteiger partial charge < -0.3 is 37.6 Å². The molecule has 0 radical (unpaired) electrons. The number of aliphatic carboxylic acids is 1. The van der Waals surface area contributed by atoms with E-state index < -0.39 is 55.0 Å². The van der Waals surface area contributed by atoms with E-state index in [1.807, 2.05) is 6.26 Å². The Morgan fingerprint density at radius 2 is 1.71 bits per heavy atom. The number of amides is 3. The van der Waals surface area contributed by atoms with Crippen LogP contribution in [0.4, 0.5) is 0 Å². The molecule has 12 heteroatoms. The number of nitrogens with one attached hydrogen (secondary N) is 3. The van der Waals surface area contributed by atoms with E-state index in [2.05, 4.69) is 16.0 Å². The molecule has 3 unspecified atom stereocenters. The van der Waals surface area contributed by atoms with E-state index in [-0.39, 0.29) is 0 Å². The molecule has 0 heterocycles. The van der Waals surface area contributed by atoms with Crippen molar-refractivity contribution in [2.75, 3.05) is 31.7 Å². The van der Waals surface area contributed by atoms with Crippen LogP contribution < -0.4 is 27.4 Å². The Morgan fingerprint density at radius 1 is 1.04 bits per heavy atom. The van der Waals surface area contributed by atoms with E-state index in [1.54, 1.807) is 0 Å². The number of aliphatic hydroxyl groups is 1. The van der Waals surface area contributed by atoms with Crippen LogP contribution in [0.25, 0.3) is 0 Å².